The van der Waals surface area contributed by atoms with Crippen LogP contribution < -0.4 is 20.7 Å². The molecule has 0 aliphatic heterocycles. The summed E-state index contributed by atoms with van der Waals surface area (Å²) < 4.78 is 0.806. The lowest BCUT2D eigenvalue weighted by molar-refractivity contribution is -0.574. The van der Waals surface area contributed by atoms with Crippen LogP contribution in [0.4, 0.5) is 17.3 Å². The van der Waals surface area contributed by atoms with Gasteiger partial charge in [0.2, 0.25) is 11.6 Å². The van der Waals surface area contributed by atoms with Crippen molar-refractivity contribution in [1.29, 1.82) is 0 Å². The number of anilines is 3. The molecular formula is C8H14N4O. The van der Waals surface area contributed by atoms with E-state index in [-0.39, 0.29) is 0 Å². The maximum atomic E-state index is 11.5. The lowest BCUT2D eigenvalue weighted by atomic mass is 10.3. The van der Waals surface area contributed by atoms with Crippen molar-refractivity contribution in [2.45, 2.75) is 0 Å². The van der Waals surface area contributed by atoms with Crippen molar-refractivity contribution in [3.63, 3.8) is 0 Å². The Labute approximate surface area is 77.4 Å². The molecular weight excluding hydrogens is 168 g/mol. The maximum absolute atomic E-state index is 11.5. The van der Waals surface area contributed by atoms with Crippen LogP contribution in [0, 0.1) is 5.21 Å². The highest BCUT2D eigenvalue weighted by atomic mass is 16.5. The molecule has 3 N–H and O–H groups in total. The number of nitrogens with one attached hydrogen (secondary N) is 3. The van der Waals surface area contributed by atoms with Crippen LogP contribution in [0.15, 0.2) is 12.1 Å². The third kappa shape index (κ3) is 1.74. The fourth-order valence-electron chi connectivity index (χ4n) is 1.08. The van der Waals surface area contributed by atoms with Crippen LogP contribution in [0.2, 0.25) is 0 Å². The van der Waals surface area contributed by atoms with Crippen LogP contribution in [0.1, 0.15) is 0 Å². The first kappa shape index (κ1) is 9.44. The Morgan fingerprint density at radius 2 is 1.46 bits per heavy atom. The summed E-state index contributed by atoms with van der Waals surface area (Å²) in [5.74, 6) is 1.02. The van der Waals surface area contributed by atoms with Gasteiger partial charge in [0.25, 0.3) is 0 Å². The van der Waals surface area contributed by atoms with Gasteiger partial charge in [0, 0.05) is 39.0 Å². The molecule has 0 amide bonds. The Morgan fingerprint density at radius 3 is 1.77 bits per heavy atom. The molecule has 72 valence electrons. The van der Waals surface area contributed by atoms with Gasteiger partial charge in [-0.25, -0.2) is 4.73 Å². The zero-order valence-electron chi connectivity index (χ0n) is 8.01. The van der Waals surface area contributed by atoms with Gasteiger partial charge in [0.05, 0.1) is 0 Å². The van der Waals surface area contributed by atoms with Crippen LogP contribution in [0.5, 0.6) is 0 Å². The lowest BCUT2D eigenvalue weighted by Crippen LogP contribution is -2.33. The summed E-state index contributed by atoms with van der Waals surface area (Å²) in [6.45, 7) is 0. The SMILES string of the molecule is CNc1cc(NC)[n+]([O-])c(NC)c1. The van der Waals surface area contributed by atoms with E-state index in [1.165, 1.54) is 0 Å². The predicted octanol–water partition coefficient (Wildman–Crippen LogP) is 0.445. The zero-order chi connectivity index (χ0) is 9.84. The maximum Gasteiger partial charge on any atom is 0.223 e. The monoisotopic (exact) mass is 182 g/mol. The summed E-state index contributed by atoms with van der Waals surface area (Å²) in [6, 6.07) is 3.49. The Bertz CT molecular complexity index is 275. The molecule has 0 unspecified atom stereocenters. The summed E-state index contributed by atoms with van der Waals surface area (Å²) in [5.41, 5.74) is 0.890. The fraction of sp³-hybridized carbons (Fsp3) is 0.375. The molecule has 0 saturated heterocycles. The highest BCUT2D eigenvalue weighted by Gasteiger charge is 2.06. The minimum Gasteiger partial charge on any atom is -0.740 e. The zero-order valence-corrected chi connectivity index (χ0v) is 8.01. The van der Waals surface area contributed by atoms with Crippen LogP contribution in [0.3, 0.4) is 0 Å². The van der Waals surface area contributed by atoms with Gasteiger partial charge >= 0.3 is 0 Å². The quantitative estimate of drug-likeness (QED) is 0.469. The summed E-state index contributed by atoms with van der Waals surface area (Å²) in [4.78, 5) is 0. The standard InChI is InChI=1S/C8H14N4O/c1-9-6-4-7(10-2)12(13)8(5-6)11-3/h4-5,9-11H,1-3H3. The van der Waals surface area contributed by atoms with E-state index in [1.54, 1.807) is 26.2 Å². The van der Waals surface area contributed by atoms with Crippen LogP contribution in [-0.4, -0.2) is 21.1 Å². The largest absolute Gasteiger partial charge is 0.740 e. The van der Waals surface area contributed by atoms with Crippen molar-refractivity contribution in [2.75, 3.05) is 37.1 Å². The first-order valence-corrected chi connectivity index (χ1v) is 4.03. The smallest absolute Gasteiger partial charge is 0.223 e. The van der Waals surface area contributed by atoms with Gasteiger partial charge in [-0.1, -0.05) is 0 Å². The average molecular weight is 182 g/mol. The highest BCUT2D eigenvalue weighted by Crippen LogP contribution is 2.14. The molecule has 0 fully saturated rings. The predicted molar refractivity (Wildman–Crippen MR) is 54.0 cm³/mol. The van der Waals surface area contributed by atoms with Crippen molar-refractivity contribution in [3.8, 4) is 0 Å². The summed E-state index contributed by atoms with van der Waals surface area (Å²) in [6.07, 6.45) is 0. The average Bonchev–Trinajstić information content (AvgIpc) is 2.18. The van der Waals surface area contributed by atoms with Crippen molar-refractivity contribution in [3.05, 3.63) is 17.3 Å². The van der Waals surface area contributed by atoms with E-state index in [4.69, 9.17) is 0 Å². The Morgan fingerprint density at radius 1 is 1.00 bits per heavy atom. The van der Waals surface area contributed by atoms with Crippen molar-refractivity contribution in [1.82, 2.24) is 0 Å². The van der Waals surface area contributed by atoms with Gasteiger partial charge in [0.1, 0.15) is 0 Å². The molecule has 5 heteroatoms. The second-order valence-corrected chi connectivity index (χ2v) is 2.56. The van der Waals surface area contributed by atoms with Crippen molar-refractivity contribution < 1.29 is 4.73 Å². The van der Waals surface area contributed by atoms with E-state index >= 15 is 0 Å². The summed E-state index contributed by atoms with van der Waals surface area (Å²) in [5, 5.41) is 20.1. The van der Waals surface area contributed by atoms with E-state index in [9.17, 15) is 5.21 Å². The first-order chi connectivity index (χ1) is 6.22. The number of hydrogen-bond acceptors (Lipinski definition) is 4. The minimum absolute atomic E-state index is 0.510. The van der Waals surface area contributed by atoms with Gasteiger partial charge < -0.3 is 21.2 Å². The highest BCUT2D eigenvalue weighted by molar-refractivity contribution is 5.55. The molecule has 0 atom stereocenters. The number of nitrogens with zero attached hydrogens (tertiary/aromatic N) is 1. The molecule has 1 rings (SSSR count). The molecule has 1 aromatic heterocycles. The Hall–Kier alpha value is -1.65. The van der Waals surface area contributed by atoms with Crippen LogP contribution in [0.25, 0.3) is 0 Å². The van der Waals surface area contributed by atoms with Gasteiger partial charge in [-0.2, -0.15) is 0 Å². The molecule has 5 nitrogen and oxygen atoms in total. The van der Waals surface area contributed by atoms with Gasteiger partial charge in [-0.15, -0.1) is 0 Å². The molecule has 1 heterocycles. The third-order valence-corrected chi connectivity index (χ3v) is 1.82. The fourth-order valence-corrected chi connectivity index (χ4v) is 1.08. The van der Waals surface area contributed by atoms with Crippen molar-refractivity contribution in [2.24, 2.45) is 0 Å². The second-order valence-electron chi connectivity index (χ2n) is 2.56. The van der Waals surface area contributed by atoms with Gasteiger partial charge in [0.15, 0.2) is 0 Å². The number of pyridine rings is 1. The second kappa shape index (κ2) is 3.84. The van der Waals surface area contributed by atoms with E-state index in [0.717, 1.165) is 10.4 Å². The van der Waals surface area contributed by atoms with Gasteiger partial charge in [-0.05, 0) is 0 Å². The minimum atomic E-state index is 0.510. The first-order valence-electron chi connectivity index (χ1n) is 4.03. The molecule has 0 saturated carbocycles. The van der Waals surface area contributed by atoms with Crippen LogP contribution in [-0.2, 0) is 0 Å². The summed E-state index contributed by atoms with van der Waals surface area (Å²) in [7, 11) is 5.23. The normalized spacial score (nSPS) is 9.46. The van der Waals surface area contributed by atoms with Crippen LogP contribution >= 0.6 is 0 Å². The molecule has 0 aliphatic rings. The van der Waals surface area contributed by atoms with Gasteiger partial charge in [-0.3, -0.25) is 0 Å². The molecule has 0 bridgehead atoms. The molecule has 1 aromatic rings. The van der Waals surface area contributed by atoms with E-state index in [1.807, 2.05) is 7.05 Å². The van der Waals surface area contributed by atoms with E-state index in [2.05, 4.69) is 16.0 Å². The molecule has 0 radical (unpaired) electrons. The van der Waals surface area contributed by atoms with E-state index in [0.29, 0.717) is 11.6 Å². The topological polar surface area (TPSA) is 63.0 Å². The number of hydrogen-bond donors (Lipinski definition) is 3. The molecule has 0 aliphatic carbocycles. The van der Waals surface area contributed by atoms with Crippen molar-refractivity contribution >= 4 is 17.3 Å². The molecule has 0 aromatic carbocycles. The Balaban J connectivity index is 3.20. The number of aromatic nitrogens is 1. The lowest BCUT2D eigenvalue weighted by Gasteiger charge is -2.15. The van der Waals surface area contributed by atoms with E-state index < -0.39 is 0 Å². The number of rotatable bonds is 3. The third-order valence-electron chi connectivity index (χ3n) is 1.82. The Kier molecular flexibility index (Phi) is 2.79. The summed E-state index contributed by atoms with van der Waals surface area (Å²) >= 11 is 0. The molecule has 13 heavy (non-hydrogen) atoms. The molecule has 0 spiro atoms.